The molecule has 3 heteroatoms. The van der Waals surface area contributed by atoms with Crippen molar-refractivity contribution in [1.82, 2.24) is 0 Å². The van der Waals surface area contributed by atoms with Gasteiger partial charge in [0.1, 0.15) is 0 Å². The van der Waals surface area contributed by atoms with Crippen LogP contribution in [0.25, 0.3) is 0 Å². The van der Waals surface area contributed by atoms with Gasteiger partial charge < -0.3 is 15.3 Å². The molecule has 0 saturated heterocycles. The summed E-state index contributed by atoms with van der Waals surface area (Å²) < 4.78 is 0. The fourth-order valence-electron chi connectivity index (χ4n) is 1.45. The zero-order valence-electron chi connectivity index (χ0n) is 8.93. The normalized spacial score (nSPS) is 14.9. The van der Waals surface area contributed by atoms with Gasteiger partial charge in [-0.15, -0.1) is 0 Å². The van der Waals surface area contributed by atoms with Crippen LogP contribution in [0.2, 0.25) is 0 Å². The minimum absolute atomic E-state index is 0.223. The van der Waals surface area contributed by atoms with E-state index in [1.54, 1.807) is 0 Å². The predicted molar refractivity (Wildman–Crippen MR) is 58.5 cm³/mol. The second-order valence-corrected chi connectivity index (χ2v) is 3.71. The molecule has 1 aromatic rings. The van der Waals surface area contributed by atoms with Gasteiger partial charge in [-0.05, 0) is 17.5 Å². The first kappa shape index (κ1) is 12.2. The Morgan fingerprint density at radius 3 is 2.20 bits per heavy atom. The maximum atomic E-state index is 9.56. The number of hydrogen-bond acceptors (Lipinski definition) is 3. The molecule has 0 aliphatic heterocycles. The van der Waals surface area contributed by atoms with Gasteiger partial charge in [0.2, 0.25) is 0 Å². The van der Waals surface area contributed by atoms with Gasteiger partial charge in [-0.25, -0.2) is 0 Å². The lowest BCUT2D eigenvalue weighted by Crippen LogP contribution is -2.14. The molecule has 1 rings (SSSR count). The number of benzene rings is 1. The highest BCUT2D eigenvalue weighted by atomic mass is 16.3. The van der Waals surface area contributed by atoms with E-state index in [4.69, 9.17) is 5.11 Å². The Labute approximate surface area is 90.0 Å². The second-order valence-electron chi connectivity index (χ2n) is 3.71. The van der Waals surface area contributed by atoms with E-state index in [2.05, 4.69) is 0 Å². The van der Waals surface area contributed by atoms with Crippen LogP contribution in [0.4, 0.5) is 0 Å². The fraction of sp³-hybridized carbons (Fsp3) is 0.500. The summed E-state index contributed by atoms with van der Waals surface area (Å²) in [5.74, 6) is 0. The Bertz CT molecular complexity index is 281. The van der Waals surface area contributed by atoms with E-state index in [0.717, 1.165) is 11.1 Å². The van der Waals surface area contributed by atoms with Crippen molar-refractivity contribution in [2.75, 3.05) is 6.61 Å². The van der Waals surface area contributed by atoms with E-state index in [9.17, 15) is 10.2 Å². The summed E-state index contributed by atoms with van der Waals surface area (Å²) in [7, 11) is 0. The molecule has 15 heavy (non-hydrogen) atoms. The van der Waals surface area contributed by atoms with Crippen molar-refractivity contribution < 1.29 is 15.3 Å². The molecule has 2 atom stereocenters. The molecule has 0 amide bonds. The molecule has 0 aliphatic rings. The summed E-state index contributed by atoms with van der Waals surface area (Å²) >= 11 is 0. The molecule has 0 spiro atoms. The molecule has 0 saturated carbocycles. The van der Waals surface area contributed by atoms with E-state index in [1.165, 1.54) is 0 Å². The standard InChI is InChI=1S/C12H18O3/c1-2-12(15)10-5-3-9(4-6-10)7-11(14)8-13/h3-6,11-15H,2,7-8H2,1H3. The summed E-state index contributed by atoms with van der Waals surface area (Å²) in [5.41, 5.74) is 1.85. The third kappa shape index (κ3) is 3.63. The van der Waals surface area contributed by atoms with Gasteiger partial charge in [0.15, 0.2) is 0 Å². The van der Waals surface area contributed by atoms with Crippen LogP contribution in [-0.4, -0.2) is 28.0 Å². The van der Waals surface area contributed by atoms with Crippen molar-refractivity contribution in [3.63, 3.8) is 0 Å². The molecule has 0 heterocycles. The average Bonchev–Trinajstić information content (AvgIpc) is 2.29. The number of hydrogen-bond donors (Lipinski definition) is 3. The third-order valence-corrected chi connectivity index (χ3v) is 2.43. The number of aliphatic hydroxyl groups is 3. The van der Waals surface area contributed by atoms with Crippen molar-refractivity contribution >= 4 is 0 Å². The maximum absolute atomic E-state index is 9.56. The van der Waals surface area contributed by atoms with Gasteiger partial charge >= 0.3 is 0 Å². The van der Waals surface area contributed by atoms with Crippen LogP contribution in [0.3, 0.4) is 0 Å². The van der Waals surface area contributed by atoms with Crippen LogP contribution in [0.1, 0.15) is 30.6 Å². The smallest absolute Gasteiger partial charge is 0.0811 e. The molecule has 84 valence electrons. The molecule has 0 fully saturated rings. The molecule has 0 bridgehead atoms. The van der Waals surface area contributed by atoms with Gasteiger partial charge in [0.25, 0.3) is 0 Å². The van der Waals surface area contributed by atoms with Gasteiger partial charge in [-0.3, -0.25) is 0 Å². The first-order valence-electron chi connectivity index (χ1n) is 5.23. The topological polar surface area (TPSA) is 60.7 Å². The van der Waals surface area contributed by atoms with Crippen LogP contribution in [-0.2, 0) is 6.42 Å². The summed E-state index contributed by atoms with van der Waals surface area (Å²) in [5, 5.41) is 27.5. The Hall–Kier alpha value is -0.900. The Kier molecular flexibility index (Phi) is 4.75. The second kappa shape index (κ2) is 5.85. The molecule has 0 aromatic heterocycles. The molecule has 0 radical (unpaired) electrons. The van der Waals surface area contributed by atoms with E-state index in [0.29, 0.717) is 12.8 Å². The number of rotatable bonds is 5. The highest BCUT2D eigenvalue weighted by Crippen LogP contribution is 2.17. The molecule has 1 aromatic carbocycles. The fourth-order valence-corrected chi connectivity index (χ4v) is 1.45. The summed E-state index contributed by atoms with van der Waals surface area (Å²) in [6.45, 7) is 1.70. The van der Waals surface area contributed by atoms with Gasteiger partial charge in [0.05, 0.1) is 18.8 Å². The third-order valence-electron chi connectivity index (χ3n) is 2.43. The SMILES string of the molecule is CCC(O)c1ccc(CC(O)CO)cc1. The summed E-state index contributed by atoms with van der Waals surface area (Å²) in [4.78, 5) is 0. The summed E-state index contributed by atoms with van der Waals surface area (Å²) in [6, 6.07) is 7.45. The predicted octanol–water partition coefficient (Wildman–Crippen LogP) is 1.03. The highest BCUT2D eigenvalue weighted by Gasteiger charge is 2.06. The Morgan fingerprint density at radius 1 is 1.13 bits per heavy atom. The van der Waals surface area contributed by atoms with Gasteiger partial charge in [0, 0.05) is 6.42 Å². The average molecular weight is 210 g/mol. The first-order valence-corrected chi connectivity index (χ1v) is 5.23. The van der Waals surface area contributed by atoms with Crippen molar-refractivity contribution in [2.45, 2.75) is 32.0 Å². The Balaban J connectivity index is 2.64. The van der Waals surface area contributed by atoms with Crippen molar-refractivity contribution in [3.8, 4) is 0 Å². The lowest BCUT2D eigenvalue weighted by Gasteiger charge is -2.10. The summed E-state index contributed by atoms with van der Waals surface area (Å²) in [6.07, 6.45) is 0.0196. The zero-order valence-corrected chi connectivity index (χ0v) is 8.93. The largest absolute Gasteiger partial charge is 0.394 e. The van der Waals surface area contributed by atoms with Crippen LogP contribution < -0.4 is 0 Å². The minimum atomic E-state index is -0.702. The molecular formula is C12H18O3. The van der Waals surface area contributed by atoms with Crippen molar-refractivity contribution in [2.24, 2.45) is 0 Å². The van der Waals surface area contributed by atoms with Crippen molar-refractivity contribution in [1.29, 1.82) is 0 Å². The highest BCUT2D eigenvalue weighted by molar-refractivity contribution is 5.24. The lowest BCUT2D eigenvalue weighted by atomic mass is 10.0. The van der Waals surface area contributed by atoms with E-state index in [-0.39, 0.29) is 6.61 Å². The van der Waals surface area contributed by atoms with E-state index < -0.39 is 12.2 Å². The Morgan fingerprint density at radius 2 is 1.73 bits per heavy atom. The van der Waals surface area contributed by atoms with Gasteiger partial charge in [-0.2, -0.15) is 0 Å². The molecule has 3 nitrogen and oxygen atoms in total. The molecular weight excluding hydrogens is 192 g/mol. The van der Waals surface area contributed by atoms with E-state index >= 15 is 0 Å². The quantitative estimate of drug-likeness (QED) is 0.680. The minimum Gasteiger partial charge on any atom is -0.394 e. The van der Waals surface area contributed by atoms with Crippen LogP contribution >= 0.6 is 0 Å². The van der Waals surface area contributed by atoms with E-state index in [1.807, 2.05) is 31.2 Å². The van der Waals surface area contributed by atoms with Crippen molar-refractivity contribution in [3.05, 3.63) is 35.4 Å². The first-order chi connectivity index (χ1) is 7.17. The molecule has 3 N–H and O–H groups in total. The zero-order chi connectivity index (χ0) is 11.3. The van der Waals surface area contributed by atoms with Gasteiger partial charge in [-0.1, -0.05) is 31.2 Å². The molecule has 0 aliphatic carbocycles. The lowest BCUT2D eigenvalue weighted by molar-refractivity contribution is 0.0955. The number of aliphatic hydroxyl groups excluding tert-OH is 3. The monoisotopic (exact) mass is 210 g/mol. The van der Waals surface area contributed by atoms with Crippen LogP contribution in [0.5, 0.6) is 0 Å². The molecule has 2 unspecified atom stereocenters. The van der Waals surface area contributed by atoms with Crippen LogP contribution in [0.15, 0.2) is 24.3 Å². The maximum Gasteiger partial charge on any atom is 0.0811 e. The van der Waals surface area contributed by atoms with Crippen LogP contribution in [0, 0.1) is 0 Å².